The predicted octanol–water partition coefficient (Wildman–Crippen LogP) is 5.37. The molecule has 0 saturated carbocycles. The molecule has 28 heavy (non-hydrogen) atoms. The Bertz CT molecular complexity index is 1170. The van der Waals surface area contributed by atoms with Gasteiger partial charge >= 0.3 is 6.18 Å². The molecule has 0 fully saturated rings. The first-order chi connectivity index (χ1) is 12.9. The van der Waals surface area contributed by atoms with Crippen LogP contribution in [0.15, 0.2) is 27.6 Å². The third-order valence-electron chi connectivity index (χ3n) is 3.70. The average Bonchev–Trinajstić information content (AvgIpc) is 3.10. The van der Waals surface area contributed by atoms with Crippen molar-refractivity contribution in [1.82, 2.24) is 14.1 Å². The van der Waals surface area contributed by atoms with Gasteiger partial charge in [0.2, 0.25) is 5.82 Å². The van der Waals surface area contributed by atoms with E-state index in [-0.39, 0.29) is 31.0 Å². The van der Waals surface area contributed by atoms with Crippen LogP contribution >= 0.6 is 34.8 Å². The zero-order valence-corrected chi connectivity index (χ0v) is 17.1. The number of hydrogen-bond acceptors (Lipinski definition) is 5. The van der Waals surface area contributed by atoms with Gasteiger partial charge in [-0.2, -0.15) is 17.1 Å². The summed E-state index contributed by atoms with van der Waals surface area (Å²) in [7, 11) is -4.82. The molecule has 6 nitrogen and oxygen atoms in total. The van der Waals surface area contributed by atoms with E-state index in [0.29, 0.717) is 0 Å². The van der Waals surface area contributed by atoms with Gasteiger partial charge in [0, 0.05) is 5.56 Å². The number of benzene rings is 1. The van der Waals surface area contributed by atoms with E-state index in [1.165, 1.54) is 32.0 Å². The topological polar surface area (TPSA) is 78.0 Å². The Labute approximate surface area is 171 Å². The number of imidazole rings is 1. The van der Waals surface area contributed by atoms with Crippen molar-refractivity contribution in [3.8, 4) is 11.3 Å². The van der Waals surface area contributed by atoms with E-state index < -0.39 is 37.8 Å². The van der Waals surface area contributed by atoms with Gasteiger partial charge < -0.3 is 4.52 Å². The summed E-state index contributed by atoms with van der Waals surface area (Å²) in [5, 5.41) is 2.89. The summed E-state index contributed by atoms with van der Waals surface area (Å²) in [6.07, 6.45) is -5.12. The Morgan fingerprint density at radius 1 is 1.11 bits per heavy atom. The maximum atomic E-state index is 13.6. The van der Waals surface area contributed by atoms with Gasteiger partial charge in [-0.1, -0.05) is 46.0 Å². The van der Waals surface area contributed by atoms with E-state index >= 15 is 0 Å². The summed E-state index contributed by atoms with van der Waals surface area (Å²) in [6.45, 7) is 2.53. The number of aromatic nitrogens is 3. The second-order valence-corrected chi connectivity index (χ2v) is 8.52. The first-order valence-corrected chi connectivity index (χ1v) is 9.92. The smallest absolute Gasteiger partial charge is 0.360 e. The predicted molar refractivity (Wildman–Crippen MR) is 96.3 cm³/mol. The zero-order chi connectivity index (χ0) is 21.0. The summed E-state index contributed by atoms with van der Waals surface area (Å²) in [4.78, 5) is 2.90. The zero-order valence-electron chi connectivity index (χ0n) is 14.0. The second kappa shape index (κ2) is 6.94. The minimum atomic E-state index is -5.12. The van der Waals surface area contributed by atoms with E-state index in [1.807, 2.05) is 0 Å². The number of alkyl halides is 3. The van der Waals surface area contributed by atoms with E-state index in [2.05, 4.69) is 10.1 Å². The SMILES string of the molecule is Cc1noc(C)c1S(=O)(=O)n1c(C(F)(F)F)nc(-c2ccc(Cl)c(Cl)c2)c1Cl. The van der Waals surface area contributed by atoms with Gasteiger partial charge in [0.05, 0.1) is 10.0 Å². The van der Waals surface area contributed by atoms with Crippen LogP contribution in [0.3, 0.4) is 0 Å². The van der Waals surface area contributed by atoms with Crippen LogP contribution in [0.4, 0.5) is 13.2 Å². The monoisotopic (exact) mass is 473 g/mol. The van der Waals surface area contributed by atoms with Crippen LogP contribution < -0.4 is 0 Å². The minimum Gasteiger partial charge on any atom is -0.360 e. The van der Waals surface area contributed by atoms with Crippen molar-refractivity contribution < 1.29 is 26.1 Å². The standard InChI is InChI=1S/C15H9Cl3F3N3O3S/c1-6-12(7(2)27-23-6)28(25,26)24-13(18)11(22-14(24)15(19,20)21)8-3-4-9(16)10(17)5-8/h3-5H,1-2H3. The van der Waals surface area contributed by atoms with Crippen molar-refractivity contribution in [2.24, 2.45) is 0 Å². The lowest BCUT2D eigenvalue weighted by atomic mass is 10.2. The van der Waals surface area contributed by atoms with Gasteiger partial charge in [0.15, 0.2) is 15.8 Å². The lowest BCUT2D eigenvalue weighted by molar-refractivity contribution is -0.145. The fraction of sp³-hybridized carbons (Fsp3) is 0.200. The first-order valence-electron chi connectivity index (χ1n) is 7.35. The summed E-state index contributed by atoms with van der Waals surface area (Å²) in [6, 6.07) is 3.87. The van der Waals surface area contributed by atoms with Crippen LogP contribution in [-0.2, 0) is 16.2 Å². The molecule has 0 N–H and O–H groups in total. The largest absolute Gasteiger partial charge is 0.450 e. The molecule has 0 atom stereocenters. The summed E-state index contributed by atoms with van der Waals surface area (Å²) < 4.78 is 71.4. The van der Waals surface area contributed by atoms with Crippen molar-refractivity contribution in [2.45, 2.75) is 24.9 Å². The van der Waals surface area contributed by atoms with Crippen LogP contribution in [0.2, 0.25) is 15.2 Å². The molecule has 0 radical (unpaired) electrons. The van der Waals surface area contributed by atoms with Crippen molar-refractivity contribution in [1.29, 1.82) is 0 Å². The van der Waals surface area contributed by atoms with Gasteiger partial charge in [-0.05, 0) is 26.0 Å². The molecule has 13 heteroatoms. The van der Waals surface area contributed by atoms with Crippen LogP contribution in [-0.4, -0.2) is 22.5 Å². The molecule has 0 amide bonds. The lowest BCUT2D eigenvalue weighted by Crippen LogP contribution is -2.22. The van der Waals surface area contributed by atoms with Crippen LogP contribution in [0.1, 0.15) is 17.3 Å². The Morgan fingerprint density at radius 2 is 1.75 bits per heavy atom. The third kappa shape index (κ3) is 3.38. The number of halogens is 6. The Hall–Kier alpha value is -1.75. The molecule has 0 unspecified atom stereocenters. The fourth-order valence-corrected chi connectivity index (χ4v) is 5.01. The van der Waals surface area contributed by atoms with Crippen LogP contribution in [0, 0.1) is 13.8 Å². The molecule has 0 aliphatic heterocycles. The molecule has 3 rings (SSSR count). The molecule has 0 aliphatic rings. The Kier molecular flexibility index (Phi) is 5.20. The lowest BCUT2D eigenvalue weighted by Gasteiger charge is -2.11. The van der Waals surface area contributed by atoms with Gasteiger partial charge in [-0.15, -0.1) is 0 Å². The quantitative estimate of drug-likeness (QED) is 0.510. The van der Waals surface area contributed by atoms with E-state index in [9.17, 15) is 21.6 Å². The minimum absolute atomic E-state index is 0.0342. The number of rotatable bonds is 3. The van der Waals surface area contributed by atoms with Crippen LogP contribution in [0.5, 0.6) is 0 Å². The van der Waals surface area contributed by atoms with E-state index in [4.69, 9.17) is 39.3 Å². The number of nitrogens with zero attached hydrogens (tertiary/aromatic N) is 3. The second-order valence-electron chi connectivity index (χ2n) is 5.62. The molecule has 0 saturated heterocycles. The molecule has 1 aromatic carbocycles. The maximum absolute atomic E-state index is 13.6. The molecule has 2 aromatic heterocycles. The molecule has 0 bridgehead atoms. The molecule has 3 aromatic rings. The van der Waals surface area contributed by atoms with Crippen molar-refractivity contribution in [2.75, 3.05) is 0 Å². The fourth-order valence-electron chi connectivity index (χ4n) is 2.55. The maximum Gasteiger partial charge on any atom is 0.450 e. The highest BCUT2D eigenvalue weighted by Gasteiger charge is 2.44. The Morgan fingerprint density at radius 3 is 2.25 bits per heavy atom. The van der Waals surface area contributed by atoms with Gasteiger partial charge in [-0.3, -0.25) is 0 Å². The molecule has 0 spiro atoms. The Balaban J connectivity index is 2.35. The summed E-state index contributed by atoms with van der Waals surface area (Å²) >= 11 is 17.8. The van der Waals surface area contributed by atoms with Gasteiger partial charge in [0.25, 0.3) is 10.0 Å². The number of aryl methyl sites for hydroxylation is 2. The van der Waals surface area contributed by atoms with E-state index in [1.54, 1.807) is 0 Å². The van der Waals surface area contributed by atoms with Crippen molar-refractivity contribution in [3.63, 3.8) is 0 Å². The van der Waals surface area contributed by atoms with Gasteiger partial charge in [0.1, 0.15) is 11.4 Å². The molecule has 150 valence electrons. The first kappa shape index (κ1) is 21.0. The van der Waals surface area contributed by atoms with Crippen LogP contribution in [0.25, 0.3) is 11.3 Å². The molecular formula is C15H9Cl3F3N3O3S. The highest BCUT2D eigenvalue weighted by Crippen LogP contribution is 2.40. The molecule has 2 heterocycles. The molecular weight excluding hydrogens is 466 g/mol. The van der Waals surface area contributed by atoms with Gasteiger partial charge in [-0.25, -0.2) is 13.4 Å². The van der Waals surface area contributed by atoms with Crippen molar-refractivity contribution in [3.05, 3.63) is 50.7 Å². The third-order valence-corrected chi connectivity index (χ3v) is 6.82. The summed E-state index contributed by atoms with van der Waals surface area (Å²) in [5.41, 5.74) is -0.494. The van der Waals surface area contributed by atoms with E-state index in [0.717, 1.165) is 0 Å². The normalized spacial score (nSPS) is 12.6. The average molecular weight is 475 g/mol. The summed E-state index contributed by atoms with van der Waals surface area (Å²) in [5.74, 6) is -1.91. The molecule has 0 aliphatic carbocycles. The highest BCUT2D eigenvalue weighted by molar-refractivity contribution is 7.90. The van der Waals surface area contributed by atoms with Crippen molar-refractivity contribution >= 4 is 44.8 Å². The highest BCUT2D eigenvalue weighted by atomic mass is 35.5. The number of hydrogen-bond donors (Lipinski definition) is 0.